The zero-order valence-electron chi connectivity index (χ0n) is 15.3. The minimum Gasteiger partial charge on any atom is -0.325 e. The van der Waals surface area contributed by atoms with Crippen molar-refractivity contribution in [1.29, 1.82) is 0 Å². The average molecular weight is 379 g/mol. The maximum atomic E-state index is 6.16. The van der Waals surface area contributed by atoms with Crippen molar-refractivity contribution in [3.05, 3.63) is 59.6 Å². The van der Waals surface area contributed by atoms with Gasteiger partial charge < -0.3 is 5.32 Å². The lowest BCUT2D eigenvalue weighted by Gasteiger charge is -2.12. The molecule has 7 heteroatoms. The monoisotopic (exact) mass is 378 g/mol. The third-order valence-electron chi connectivity index (χ3n) is 4.36. The number of nitrogens with zero attached hydrogens (tertiary/aromatic N) is 5. The maximum absolute atomic E-state index is 6.16. The summed E-state index contributed by atoms with van der Waals surface area (Å²) >= 11 is 6.16. The molecule has 3 aromatic heterocycles. The molecule has 0 fully saturated rings. The summed E-state index contributed by atoms with van der Waals surface area (Å²) in [6, 6.07) is 10.2. The lowest BCUT2D eigenvalue weighted by molar-refractivity contribution is 0.768. The lowest BCUT2D eigenvalue weighted by atomic mass is 9.97. The molecule has 1 N–H and O–H groups in total. The van der Waals surface area contributed by atoms with Gasteiger partial charge in [0.25, 0.3) is 0 Å². The Morgan fingerprint density at radius 3 is 2.70 bits per heavy atom. The van der Waals surface area contributed by atoms with Crippen molar-refractivity contribution in [3.63, 3.8) is 0 Å². The fraction of sp³-hybridized carbons (Fsp3) is 0.200. The van der Waals surface area contributed by atoms with Gasteiger partial charge in [-0.15, -0.1) is 0 Å². The van der Waals surface area contributed by atoms with Gasteiger partial charge in [0.15, 0.2) is 11.0 Å². The second-order valence-electron chi connectivity index (χ2n) is 6.69. The Hall–Kier alpha value is -2.99. The van der Waals surface area contributed by atoms with Crippen LogP contribution in [-0.4, -0.2) is 24.7 Å². The van der Waals surface area contributed by atoms with E-state index in [4.69, 9.17) is 11.6 Å². The summed E-state index contributed by atoms with van der Waals surface area (Å²) in [7, 11) is 1.81. The molecule has 6 nitrogen and oxygen atoms in total. The molecule has 0 amide bonds. The molecule has 4 aromatic rings. The second-order valence-corrected chi connectivity index (χ2v) is 7.05. The van der Waals surface area contributed by atoms with E-state index in [1.165, 1.54) is 10.9 Å². The molecule has 0 spiro atoms. The lowest BCUT2D eigenvalue weighted by Crippen LogP contribution is -1.99. The van der Waals surface area contributed by atoms with Gasteiger partial charge in [0, 0.05) is 31.0 Å². The molecule has 0 aliphatic heterocycles. The molecule has 0 saturated carbocycles. The van der Waals surface area contributed by atoms with E-state index < -0.39 is 0 Å². The summed E-state index contributed by atoms with van der Waals surface area (Å²) in [6.07, 6.45) is 5.36. The Morgan fingerprint density at radius 2 is 1.96 bits per heavy atom. The number of benzene rings is 1. The van der Waals surface area contributed by atoms with Gasteiger partial charge in [0.2, 0.25) is 0 Å². The third-order valence-corrected chi connectivity index (χ3v) is 4.63. The van der Waals surface area contributed by atoms with Gasteiger partial charge in [-0.3, -0.25) is 4.68 Å². The van der Waals surface area contributed by atoms with Crippen molar-refractivity contribution in [3.8, 4) is 11.4 Å². The first kappa shape index (κ1) is 17.4. The molecule has 0 aliphatic rings. The summed E-state index contributed by atoms with van der Waals surface area (Å²) in [5.41, 5.74) is 1.99. The molecule has 3 heterocycles. The van der Waals surface area contributed by atoms with Gasteiger partial charge in [-0.25, -0.2) is 15.0 Å². The van der Waals surface area contributed by atoms with E-state index in [0.29, 0.717) is 28.3 Å². The molecule has 136 valence electrons. The van der Waals surface area contributed by atoms with Crippen LogP contribution < -0.4 is 5.32 Å². The first-order valence-corrected chi connectivity index (χ1v) is 9.07. The Bertz CT molecular complexity index is 1120. The highest BCUT2D eigenvalue weighted by molar-refractivity contribution is 6.31. The molecular weight excluding hydrogens is 360 g/mol. The quantitative estimate of drug-likeness (QED) is 0.544. The Kier molecular flexibility index (Phi) is 4.49. The fourth-order valence-corrected chi connectivity index (χ4v) is 3.32. The molecule has 0 atom stereocenters. The van der Waals surface area contributed by atoms with Gasteiger partial charge in [0.1, 0.15) is 11.6 Å². The number of rotatable bonds is 4. The average Bonchev–Trinajstić information content (AvgIpc) is 2.99. The number of hydrogen-bond acceptors (Lipinski definition) is 5. The fourth-order valence-electron chi connectivity index (χ4n) is 3.07. The second kappa shape index (κ2) is 6.96. The molecule has 0 bridgehead atoms. The number of aromatic nitrogens is 5. The van der Waals surface area contributed by atoms with Crippen LogP contribution in [-0.2, 0) is 7.05 Å². The number of anilines is 2. The Morgan fingerprint density at radius 1 is 1.11 bits per heavy atom. The number of aryl methyl sites for hydroxylation is 1. The normalized spacial score (nSPS) is 11.3. The van der Waals surface area contributed by atoms with E-state index in [2.05, 4.69) is 63.5 Å². The van der Waals surface area contributed by atoms with E-state index >= 15 is 0 Å². The first-order chi connectivity index (χ1) is 13.0. The van der Waals surface area contributed by atoms with Crippen LogP contribution in [0.1, 0.15) is 25.3 Å². The van der Waals surface area contributed by atoms with Crippen LogP contribution in [0.3, 0.4) is 0 Å². The van der Waals surface area contributed by atoms with E-state index in [1.807, 2.05) is 13.2 Å². The molecule has 0 aliphatic carbocycles. The van der Waals surface area contributed by atoms with E-state index in [-0.39, 0.29) is 0 Å². The van der Waals surface area contributed by atoms with Crippen molar-refractivity contribution in [2.45, 2.75) is 19.8 Å². The van der Waals surface area contributed by atoms with Crippen molar-refractivity contribution < 1.29 is 0 Å². The Labute approximate surface area is 162 Å². The van der Waals surface area contributed by atoms with Crippen LogP contribution in [0.15, 0.2) is 48.9 Å². The van der Waals surface area contributed by atoms with Crippen molar-refractivity contribution in [2.24, 2.45) is 7.05 Å². The molecule has 0 radical (unpaired) electrons. The predicted molar refractivity (Wildman–Crippen MR) is 108 cm³/mol. The van der Waals surface area contributed by atoms with Crippen LogP contribution >= 0.6 is 11.6 Å². The van der Waals surface area contributed by atoms with Gasteiger partial charge in [-0.2, -0.15) is 5.10 Å². The topological polar surface area (TPSA) is 68.5 Å². The SMILES string of the molecule is CC(C)c1cccc2cnc(Nc3ccnc(-c4cn(C)nc4Cl)n3)cc12. The minimum atomic E-state index is 0.375. The van der Waals surface area contributed by atoms with Crippen LogP contribution in [0.25, 0.3) is 22.2 Å². The van der Waals surface area contributed by atoms with Crippen LogP contribution in [0.2, 0.25) is 5.15 Å². The number of nitrogens with one attached hydrogen (secondary N) is 1. The van der Waals surface area contributed by atoms with Crippen LogP contribution in [0.5, 0.6) is 0 Å². The summed E-state index contributed by atoms with van der Waals surface area (Å²) in [6.45, 7) is 4.38. The van der Waals surface area contributed by atoms with E-state index in [0.717, 1.165) is 11.2 Å². The first-order valence-electron chi connectivity index (χ1n) is 8.69. The molecule has 4 rings (SSSR count). The third kappa shape index (κ3) is 3.48. The van der Waals surface area contributed by atoms with Gasteiger partial charge in [-0.1, -0.05) is 43.6 Å². The Balaban J connectivity index is 1.69. The van der Waals surface area contributed by atoms with Gasteiger partial charge in [0.05, 0.1) is 5.56 Å². The van der Waals surface area contributed by atoms with Crippen LogP contribution in [0, 0.1) is 0 Å². The number of pyridine rings is 1. The zero-order valence-corrected chi connectivity index (χ0v) is 16.1. The van der Waals surface area contributed by atoms with Crippen molar-refractivity contribution in [1.82, 2.24) is 24.7 Å². The molecule has 0 saturated heterocycles. The highest BCUT2D eigenvalue weighted by Crippen LogP contribution is 2.28. The smallest absolute Gasteiger partial charge is 0.166 e. The number of halogens is 1. The van der Waals surface area contributed by atoms with E-state index in [1.54, 1.807) is 23.1 Å². The van der Waals surface area contributed by atoms with Crippen molar-refractivity contribution >= 4 is 34.0 Å². The highest BCUT2D eigenvalue weighted by atomic mass is 35.5. The maximum Gasteiger partial charge on any atom is 0.166 e. The van der Waals surface area contributed by atoms with Gasteiger partial charge in [-0.05, 0) is 29.0 Å². The summed E-state index contributed by atoms with van der Waals surface area (Å²) < 4.78 is 1.64. The summed E-state index contributed by atoms with van der Waals surface area (Å²) in [5, 5.41) is 10.1. The minimum absolute atomic E-state index is 0.375. The largest absolute Gasteiger partial charge is 0.325 e. The number of hydrogen-bond donors (Lipinski definition) is 1. The van der Waals surface area contributed by atoms with Gasteiger partial charge >= 0.3 is 0 Å². The molecular formula is C20H19ClN6. The highest BCUT2D eigenvalue weighted by Gasteiger charge is 2.12. The predicted octanol–water partition coefficient (Wildman–Crippen LogP) is 4.95. The molecule has 1 aromatic carbocycles. The standard InChI is InChI=1S/C20H19ClN6/c1-12(2)14-6-4-5-13-10-23-18(9-15(13)14)24-17-7-8-22-20(25-17)16-11-27(3)26-19(16)21/h4-12H,1-3H3,(H,22,23,24,25). The number of fused-ring (bicyclic) bond motifs is 1. The summed E-state index contributed by atoms with van der Waals surface area (Å²) in [5.74, 6) is 2.33. The molecule has 27 heavy (non-hydrogen) atoms. The van der Waals surface area contributed by atoms with Crippen LogP contribution in [0.4, 0.5) is 11.6 Å². The van der Waals surface area contributed by atoms with Crippen molar-refractivity contribution in [2.75, 3.05) is 5.32 Å². The molecule has 0 unspecified atom stereocenters. The zero-order chi connectivity index (χ0) is 19.0. The van der Waals surface area contributed by atoms with E-state index in [9.17, 15) is 0 Å². The summed E-state index contributed by atoms with van der Waals surface area (Å²) in [4.78, 5) is 13.4.